The van der Waals surface area contributed by atoms with E-state index in [0.29, 0.717) is 31.1 Å². The fraction of sp³-hybridized carbons (Fsp3) is 0.481. The molecule has 2 atom stereocenters. The van der Waals surface area contributed by atoms with E-state index in [0.717, 1.165) is 35.8 Å². The van der Waals surface area contributed by atoms with Gasteiger partial charge in [-0.25, -0.2) is 4.79 Å². The van der Waals surface area contributed by atoms with Crippen molar-refractivity contribution in [2.24, 2.45) is 5.92 Å². The van der Waals surface area contributed by atoms with Gasteiger partial charge < -0.3 is 30.7 Å². The first-order valence-corrected chi connectivity index (χ1v) is 12.6. The molecule has 2 unspecified atom stereocenters. The summed E-state index contributed by atoms with van der Waals surface area (Å²) in [5.74, 6) is -0.0329. The molecule has 8 nitrogen and oxygen atoms in total. The van der Waals surface area contributed by atoms with Crippen LogP contribution >= 0.6 is 0 Å². The van der Waals surface area contributed by atoms with Crippen LogP contribution in [-0.2, 0) is 4.79 Å². The highest BCUT2D eigenvalue weighted by atomic mass is 16.5. The number of hydrogen-bond acceptors (Lipinski definition) is 5. The van der Waals surface area contributed by atoms with Crippen molar-refractivity contribution in [1.29, 1.82) is 0 Å². The second kappa shape index (κ2) is 12.7. The van der Waals surface area contributed by atoms with E-state index in [1.807, 2.05) is 30.3 Å². The lowest BCUT2D eigenvalue weighted by atomic mass is 10.0. The molecule has 0 spiro atoms. The van der Waals surface area contributed by atoms with Gasteiger partial charge in [0.2, 0.25) is 0 Å². The average Bonchev–Trinajstić information content (AvgIpc) is 2.93. The number of urea groups is 1. The fourth-order valence-electron chi connectivity index (χ4n) is 4.39. The highest BCUT2D eigenvalue weighted by Crippen LogP contribution is 2.37. The van der Waals surface area contributed by atoms with Gasteiger partial charge in [0.25, 0.3) is 5.91 Å². The van der Waals surface area contributed by atoms with E-state index in [1.165, 1.54) is 0 Å². The smallest absolute Gasteiger partial charge is 0.320 e. The third-order valence-corrected chi connectivity index (χ3v) is 6.49. The Bertz CT molecular complexity index is 964. The number of carbonyl (C=O) groups is 2. The molecule has 0 aromatic heterocycles. The standard InChI is InChI=1S/C27H38N5O3/c1-5-30(6-2)18-17-24-22-14-10-11-15-23(22)31(19-16-20(3)4)26(33)25(32(24)35)29-27(34)28-21-12-8-7-9-13-21/h7-15,20,24-25H,5-6,16-19H2,1-4H3,(H2,28,29,34)/q-1. The van der Waals surface area contributed by atoms with Gasteiger partial charge in [-0.2, -0.15) is 0 Å². The van der Waals surface area contributed by atoms with Gasteiger partial charge in [-0.05, 0) is 62.2 Å². The van der Waals surface area contributed by atoms with Crippen LogP contribution in [0.5, 0.6) is 0 Å². The van der Waals surface area contributed by atoms with Gasteiger partial charge in [-0.15, -0.1) is 0 Å². The Morgan fingerprint density at radius 3 is 2.37 bits per heavy atom. The van der Waals surface area contributed by atoms with E-state index in [-0.39, 0.29) is 0 Å². The lowest BCUT2D eigenvalue weighted by molar-refractivity contribution is -0.124. The van der Waals surface area contributed by atoms with Crippen LogP contribution in [0.15, 0.2) is 54.6 Å². The molecular formula is C27H38N5O3-. The Morgan fingerprint density at radius 1 is 1.06 bits per heavy atom. The second-order valence-electron chi connectivity index (χ2n) is 9.29. The lowest BCUT2D eigenvalue weighted by Crippen LogP contribution is -2.56. The van der Waals surface area contributed by atoms with Crippen LogP contribution in [0.3, 0.4) is 0 Å². The zero-order valence-corrected chi connectivity index (χ0v) is 21.2. The molecule has 1 aliphatic rings. The minimum Gasteiger partial charge on any atom is -0.783 e. The Hall–Kier alpha value is -2.94. The number of anilines is 2. The van der Waals surface area contributed by atoms with Gasteiger partial charge in [0.05, 0.1) is 0 Å². The van der Waals surface area contributed by atoms with Crippen molar-refractivity contribution in [1.82, 2.24) is 15.3 Å². The number of benzene rings is 2. The molecule has 0 saturated heterocycles. The molecule has 0 fully saturated rings. The van der Waals surface area contributed by atoms with Crippen molar-refractivity contribution < 1.29 is 9.59 Å². The largest absolute Gasteiger partial charge is 0.783 e. The molecule has 1 heterocycles. The van der Waals surface area contributed by atoms with E-state index in [1.54, 1.807) is 29.2 Å². The number of hydroxylamine groups is 2. The van der Waals surface area contributed by atoms with Gasteiger partial charge in [0, 0.05) is 24.0 Å². The van der Waals surface area contributed by atoms with Gasteiger partial charge in [-0.3, -0.25) is 4.79 Å². The predicted octanol–water partition coefficient (Wildman–Crippen LogP) is 4.80. The molecule has 1 aliphatic heterocycles. The van der Waals surface area contributed by atoms with E-state index >= 15 is 0 Å². The summed E-state index contributed by atoms with van der Waals surface area (Å²) in [6.45, 7) is 11.3. The molecule has 0 aliphatic carbocycles. The zero-order valence-electron chi connectivity index (χ0n) is 21.2. The van der Waals surface area contributed by atoms with Gasteiger partial charge in [0.15, 0.2) is 6.17 Å². The van der Waals surface area contributed by atoms with Crippen LogP contribution in [0.25, 0.3) is 0 Å². The van der Waals surface area contributed by atoms with Crippen LogP contribution in [0.1, 0.15) is 52.1 Å². The summed E-state index contributed by atoms with van der Waals surface area (Å²) in [4.78, 5) is 30.5. The summed E-state index contributed by atoms with van der Waals surface area (Å²) in [5.41, 5.74) is 2.15. The molecule has 0 bridgehead atoms. The van der Waals surface area contributed by atoms with E-state index < -0.39 is 24.1 Å². The van der Waals surface area contributed by atoms with E-state index in [4.69, 9.17) is 0 Å². The Balaban J connectivity index is 1.94. The number of nitrogens with one attached hydrogen (secondary N) is 2. The van der Waals surface area contributed by atoms with Gasteiger partial charge in [0.1, 0.15) is 0 Å². The number of amides is 3. The van der Waals surface area contributed by atoms with Gasteiger partial charge >= 0.3 is 6.03 Å². The van der Waals surface area contributed by atoms with Crippen molar-refractivity contribution in [3.05, 3.63) is 65.4 Å². The monoisotopic (exact) mass is 480 g/mol. The molecular weight excluding hydrogens is 442 g/mol. The maximum absolute atomic E-state index is 13.8. The molecule has 2 N–H and O–H groups in total. The normalized spacial score (nSPS) is 18.5. The number of hydrogen-bond donors (Lipinski definition) is 2. The van der Waals surface area contributed by atoms with Crippen LogP contribution in [0.4, 0.5) is 16.2 Å². The molecule has 2 aromatic carbocycles. The minimum atomic E-state index is -1.33. The summed E-state index contributed by atoms with van der Waals surface area (Å²) < 4.78 is 0. The SMILES string of the molecule is CCN(CC)CCC1c2ccccc2N(CCC(C)C)C(=O)C(NC(=O)Nc2ccccc2)N1[O-]. The van der Waals surface area contributed by atoms with Crippen molar-refractivity contribution in [3.8, 4) is 0 Å². The second-order valence-corrected chi connectivity index (χ2v) is 9.29. The van der Waals surface area contributed by atoms with Crippen LogP contribution in [0.2, 0.25) is 0 Å². The molecule has 0 saturated carbocycles. The fourth-order valence-corrected chi connectivity index (χ4v) is 4.39. The number of nitrogens with zero attached hydrogens (tertiary/aromatic N) is 3. The third kappa shape index (κ3) is 6.81. The van der Waals surface area contributed by atoms with Gasteiger partial charge in [-0.1, -0.05) is 64.1 Å². The number of fused-ring (bicyclic) bond motifs is 1. The highest BCUT2D eigenvalue weighted by Gasteiger charge is 2.37. The topological polar surface area (TPSA) is 91.0 Å². The predicted molar refractivity (Wildman–Crippen MR) is 141 cm³/mol. The maximum Gasteiger partial charge on any atom is 0.320 e. The van der Waals surface area contributed by atoms with Crippen LogP contribution in [0, 0.1) is 11.1 Å². The number of rotatable bonds is 10. The molecule has 8 heteroatoms. The Kier molecular flexibility index (Phi) is 9.65. The first-order valence-electron chi connectivity index (χ1n) is 12.6. The minimum absolute atomic E-state index is 0.382. The maximum atomic E-state index is 13.8. The number of para-hydroxylation sites is 2. The average molecular weight is 481 g/mol. The van der Waals surface area contributed by atoms with E-state index in [2.05, 4.69) is 43.2 Å². The lowest BCUT2D eigenvalue weighted by Gasteiger charge is -2.41. The summed E-state index contributed by atoms with van der Waals surface area (Å²) in [6, 6.07) is 15.4. The first kappa shape index (κ1) is 26.7. The molecule has 0 radical (unpaired) electrons. The quantitative estimate of drug-likeness (QED) is 0.510. The molecule has 3 rings (SSSR count). The third-order valence-electron chi connectivity index (χ3n) is 6.49. The zero-order chi connectivity index (χ0) is 25.4. The van der Waals surface area contributed by atoms with E-state index in [9.17, 15) is 14.8 Å². The molecule has 3 amide bonds. The van der Waals surface area contributed by atoms with Crippen LogP contribution < -0.4 is 15.5 Å². The molecule has 2 aromatic rings. The Labute approximate surface area is 208 Å². The van der Waals surface area contributed by atoms with Crippen molar-refractivity contribution >= 4 is 23.3 Å². The molecule has 190 valence electrons. The van der Waals surface area contributed by atoms with Crippen molar-refractivity contribution in [3.63, 3.8) is 0 Å². The first-order chi connectivity index (χ1) is 16.8. The summed E-state index contributed by atoms with van der Waals surface area (Å²) in [6.07, 6.45) is -0.00205. The van der Waals surface area contributed by atoms with Crippen molar-refractivity contribution in [2.75, 3.05) is 36.4 Å². The molecule has 35 heavy (non-hydrogen) atoms. The Morgan fingerprint density at radius 2 is 1.71 bits per heavy atom. The summed E-state index contributed by atoms with van der Waals surface area (Å²) in [7, 11) is 0. The summed E-state index contributed by atoms with van der Waals surface area (Å²) in [5, 5.41) is 20.0. The van der Waals surface area contributed by atoms with Crippen molar-refractivity contribution in [2.45, 2.75) is 52.7 Å². The van der Waals surface area contributed by atoms with Crippen LogP contribution in [-0.4, -0.2) is 54.2 Å². The number of carbonyl (C=O) groups excluding carboxylic acids is 2. The highest BCUT2D eigenvalue weighted by molar-refractivity contribution is 6.01. The summed E-state index contributed by atoms with van der Waals surface area (Å²) >= 11 is 0.